The highest BCUT2D eigenvalue weighted by Gasteiger charge is 2.20. The minimum absolute atomic E-state index is 0.0154. The molecule has 0 atom stereocenters. The molecule has 2 aromatic rings. The number of ether oxygens (including phenoxy) is 3. The number of benzene rings is 1. The summed E-state index contributed by atoms with van der Waals surface area (Å²) in [5, 5.41) is 15.0. The summed E-state index contributed by atoms with van der Waals surface area (Å²) in [5.74, 6) is 3.28. The van der Waals surface area contributed by atoms with Gasteiger partial charge in [-0.1, -0.05) is 6.42 Å². The third-order valence-corrected chi connectivity index (χ3v) is 5.12. The molecule has 0 unspecified atom stereocenters. The molecule has 2 N–H and O–H groups in total. The van der Waals surface area contributed by atoms with Crippen molar-refractivity contribution in [2.75, 3.05) is 13.3 Å². The van der Waals surface area contributed by atoms with Crippen molar-refractivity contribution in [3.8, 4) is 17.2 Å². The fraction of sp³-hybridized carbons (Fsp3) is 0.550. The monoisotopic (exact) mass is 436 g/mol. The number of aryl methyl sites for hydroxylation is 1. The highest BCUT2D eigenvalue weighted by atomic mass is 19.3. The van der Waals surface area contributed by atoms with Gasteiger partial charge in [0, 0.05) is 31.1 Å². The largest absolute Gasteiger partial charge is 0.454 e. The lowest BCUT2D eigenvalue weighted by Gasteiger charge is -2.14. The summed E-state index contributed by atoms with van der Waals surface area (Å²) in [7, 11) is 0. The third-order valence-electron chi connectivity index (χ3n) is 5.12. The van der Waals surface area contributed by atoms with Gasteiger partial charge >= 0.3 is 6.61 Å². The predicted molar refractivity (Wildman–Crippen MR) is 108 cm³/mol. The summed E-state index contributed by atoms with van der Waals surface area (Å²) < 4.78 is 43.1. The van der Waals surface area contributed by atoms with Crippen molar-refractivity contribution in [1.82, 2.24) is 25.4 Å². The van der Waals surface area contributed by atoms with Crippen LogP contribution in [-0.4, -0.2) is 40.7 Å². The smallest absolute Gasteiger partial charge is 0.387 e. The second-order valence-corrected chi connectivity index (χ2v) is 7.24. The molecule has 0 amide bonds. The average Bonchev–Trinajstić information content (AvgIpc) is 3.28. The standard InChI is InChI=1S/C20H26F2N6O3/c1-2-23-20(25-11-18-27-26-17-6-4-3-5-7-28(17)18)24-10-13-8-15-16(30-12-29-15)9-14(13)31-19(21)22/h8-9,19H,2-7,10-12H2,1H3,(H2,23,24,25). The maximum absolute atomic E-state index is 12.8. The van der Waals surface area contributed by atoms with E-state index in [1.54, 1.807) is 6.07 Å². The number of aliphatic imine (C=N–C) groups is 1. The molecule has 0 bridgehead atoms. The van der Waals surface area contributed by atoms with Gasteiger partial charge in [0.05, 0.1) is 13.1 Å². The fourth-order valence-corrected chi connectivity index (χ4v) is 3.64. The van der Waals surface area contributed by atoms with E-state index in [2.05, 4.69) is 35.1 Å². The van der Waals surface area contributed by atoms with E-state index >= 15 is 0 Å². The summed E-state index contributed by atoms with van der Waals surface area (Å²) in [6.45, 7) is 1.18. The number of alkyl halides is 2. The van der Waals surface area contributed by atoms with Gasteiger partial charge in [-0.25, -0.2) is 4.99 Å². The minimum Gasteiger partial charge on any atom is -0.454 e. The van der Waals surface area contributed by atoms with Gasteiger partial charge in [-0.3, -0.25) is 0 Å². The first-order valence-electron chi connectivity index (χ1n) is 10.4. The van der Waals surface area contributed by atoms with Gasteiger partial charge in [-0.2, -0.15) is 8.78 Å². The Morgan fingerprint density at radius 2 is 2.03 bits per heavy atom. The van der Waals surface area contributed by atoms with Crippen LogP contribution in [0, 0.1) is 0 Å². The van der Waals surface area contributed by atoms with E-state index in [4.69, 9.17) is 9.47 Å². The number of aromatic nitrogens is 3. The Bertz CT molecular complexity index is 934. The zero-order valence-electron chi connectivity index (χ0n) is 17.4. The van der Waals surface area contributed by atoms with Crippen LogP contribution in [0.4, 0.5) is 8.78 Å². The highest BCUT2D eigenvalue weighted by Crippen LogP contribution is 2.39. The number of hydrogen-bond donors (Lipinski definition) is 2. The molecule has 0 fully saturated rings. The number of fused-ring (bicyclic) bond motifs is 2. The molecule has 1 aromatic heterocycles. The molecular formula is C20H26F2N6O3. The van der Waals surface area contributed by atoms with E-state index in [0.717, 1.165) is 37.5 Å². The Morgan fingerprint density at radius 3 is 2.84 bits per heavy atom. The van der Waals surface area contributed by atoms with Crippen molar-refractivity contribution in [2.45, 2.75) is 58.9 Å². The lowest BCUT2D eigenvalue weighted by Crippen LogP contribution is -2.37. The molecule has 9 nitrogen and oxygen atoms in total. The maximum atomic E-state index is 12.8. The third kappa shape index (κ3) is 5.15. The molecule has 11 heteroatoms. The molecule has 2 aliphatic heterocycles. The molecule has 1 aromatic carbocycles. The average molecular weight is 436 g/mol. The quantitative estimate of drug-likeness (QED) is 0.509. The molecule has 0 radical (unpaired) electrons. The second-order valence-electron chi connectivity index (χ2n) is 7.24. The first-order valence-corrected chi connectivity index (χ1v) is 10.4. The van der Waals surface area contributed by atoms with Crippen molar-refractivity contribution in [3.63, 3.8) is 0 Å². The van der Waals surface area contributed by atoms with E-state index in [9.17, 15) is 8.78 Å². The van der Waals surface area contributed by atoms with Crippen molar-refractivity contribution < 1.29 is 23.0 Å². The summed E-state index contributed by atoms with van der Waals surface area (Å²) in [6.07, 6.45) is 4.38. The number of nitrogens with one attached hydrogen (secondary N) is 2. The topological polar surface area (TPSA) is 94.8 Å². The Hall–Kier alpha value is -3.11. The van der Waals surface area contributed by atoms with Gasteiger partial charge in [-0.15, -0.1) is 10.2 Å². The summed E-state index contributed by atoms with van der Waals surface area (Å²) in [5.41, 5.74) is 0.470. The van der Waals surface area contributed by atoms with E-state index in [1.165, 1.54) is 12.5 Å². The van der Waals surface area contributed by atoms with Crippen LogP contribution in [-0.2, 0) is 26.1 Å². The summed E-state index contributed by atoms with van der Waals surface area (Å²) in [4.78, 5) is 4.52. The second kappa shape index (κ2) is 9.80. The van der Waals surface area contributed by atoms with Crippen LogP contribution in [0.25, 0.3) is 0 Å². The molecule has 0 saturated carbocycles. The van der Waals surface area contributed by atoms with Gasteiger partial charge in [0.2, 0.25) is 6.79 Å². The SMILES string of the molecule is CCNC(=NCc1cc2c(cc1OC(F)F)OCO2)NCc1nnc2n1CCCCC2. The molecule has 0 spiro atoms. The summed E-state index contributed by atoms with van der Waals surface area (Å²) in [6, 6.07) is 3.02. The van der Waals surface area contributed by atoms with Crippen molar-refractivity contribution >= 4 is 5.96 Å². The van der Waals surface area contributed by atoms with Crippen LogP contribution in [0.1, 0.15) is 43.4 Å². The molecule has 0 saturated heterocycles. The number of guanidine groups is 1. The molecule has 168 valence electrons. The zero-order chi connectivity index (χ0) is 21.6. The first kappa shape index (κ1) is 21.1. The van der Waals surface area contributed by atoms with Crippen molar-refractivity contribution in [1.29, 1.82) is 0 Å². The number of nitrogens with zero attached hydrogens (tertiary/aromatic N) is 4. The molecule has 4 rings (SSSR count). The van der Waals surface area contributed by atoms with Crippen molar-refractivity contribution in [2.24, 2.45) is 4.99 Å². The van der Waals surface area contributed by atoms with Gasteiger partial charge in [0.15, 0.2) is 23.3 Å². The Balaban J connectivity index is 1.48. The number of hydrogen-bond acceptors (Lipinski definition) is 6. The minimum atomic E-state index is -2.95. The van der Waals surface area contributed by atoms with Crippen LogP contribution in [0.3, 0.4) is 0 Å². The molecule has 2 aliphatic rings. The molecular weight excluding hydrogens is 410 g/mol. The zero-order valence-corrected chi connectivity index (χ0v) is 17.4. The lowest BCUT2D eigenvalue weighted by atomic mass is 10.1. The fourth-order valence-electron chi connectivity index (χ4n) is 3.64. The normalized spacial score (nSPS) is 15.5. The van der Waals surface area contributed by atoms with Crippen LogP contribution in [0.5, 0.6) is 17.2 Å². The molecule has 31 heavy (non-hydrogen) atoms. The number of rotatable bonds is 7. The van der Waals surface area contributed by atoms with E-state index in [-0.39, 0.29) is 19.1 Å². The van der Waals surface area contributed by atoms with Crippen molar-refractivity contribution in [3.05, 3.63) is 29.3 Å². The lowest BCUT2D eigenvalue weighted by molar-refractivity contribution is -0.0505. The van der Waals surface area contributed by atoms with Crippen LogP contribution in [0.2, 0.25) is 0 Å². The summed E-state index contributed by atoms with van der Waals surface area (Å²) >= 11 is 0. The Labute approximate surface area is 178 Å². The number of halogens is 2. The van der Waals surface area contributed by atoms with Crippen LogP contribution >= 0.6 is 0 Å². The van der Waals surface area contributed by atoms with Gasteiger partial charge in [0.25, 0.3) is 0 Å². The van der Waals surface area contributed by atoms with E-state index in [1.807, 2.05) is 6.92 Å². The Kier molecular flexibility index (Phi) is 6.68. The van der Waals surface area contributed by atoms with Gasteiger partial charge < -0.3 is 29.4 Å². The first-order chi connectivity index (χ1) is 15.1. The van der Waals surface area contributed by atoms with E-state index < -0.39 is 6.61 Å². The molecule has 3 heterocycles. The Morgan fingerprint density at radius 1 is 1.19 bits per heavy atom. The van der Waals surface area contributed by atoms with Gasteiger partial charge in [0.1, 0.15) is 11.6 Å². The van der Waals surface area contributed by atoms with Crippen LogP contribution < -0.4 is 24.8 Å². The molecule has 0 aliphatic carbocycles. The van der Waals surface area contributed by atoms with Gasteiger partial charge in [-0.05, 0) is 25.8 Å². The maximum Gasteiger partial charge on any atom is 0.387 e. The highest BCUT2D eigenvalue weighted by molar-refractivity contribution is 5.79. The van der Waals surface area contributed by atoms with Crippen LogP contribution in [0.15, 0.2) is 17.1 Å². The predicted octanol–water partition coefficient (Wildman–Crippen LogP) is 2.59. The van der Waals surface area contributed by atoms with E-state index in [0.29, 0.717) is 36.1 Å².